The molecule has 10 heteroatoms. The summed E-state index contributed by atoms with van der Waals surface area (Å²) in [6.07, 6.45) is -6.79. The Morgan fingerprint density at radius 1 is 1.34 bits per heavy atom. The number of fused-ring (bicyclic) bond motifs is 1. The number of rotatable bonds is 3. The number of nitrogens with zero attached hydrogens (tertiary/aromatic N) is 5. The van der Waals surface area contributed by atoms with Crippen LogP contribution in [0.2, 0.25) is 0 Å². The molecule has 32 heavy (non-hydrogen) atoms. The fourth-order valence-electron chi connectivity index (χ4n) is 3.37. The summed E-state index contributed by atoms with van der Waals surface area (Å²) in [5, 5.41) is 16.4. The van der Waals surface area contributed by atoms with Gasteiger partial charge in [-0.05, 0) is 50.4 Å². The van der Waals surface area contributed by atoms with Gasteiger partial charge in [0.1, 0.15) is 23.1 Å². The number of carbonyl (C=O) groups is 1. The van der Waals surface area contributed by atoms with Gasteiger partial charge in [0.2, 0.25) is 0 Å². The van der Waals surface area contributed by atoms with Crippen molar-refractivity contribution in [3.05, 3.63) is 53.9 Å². The van der Waals surface area contributed by atoms with E-state index in [2.05, 4.69) is 15.4 Å². The summed E-state index contributed by atoms with van der Waals surface area (Å²) in [4.78, 5) is 18.0. The minimum atomic E-state index is -3.50. The number of anilines is 2. The second kappa shape index (κ2) is 8.01. The molecule has 3 aromatic rings. The Bertz CT molecular complexity index is 1600. The SMILES string of the molecule is [2H]C1([2H])C[C@H](O)C([2H])(C)N1C(=O)Nc1cnn2ccc(N3C([2H])([2H])C([2H])([2H])C([2H])([2H])[C@]3([2H])c3cc(F)ccc3F)nc12. The van der Waals surface area contributed by atoms with Crippen LogP contribution in [0.15, 0.2) is 36.7 Å². The number of halogens is 2. The first kappa shape index (κ1) is 12.1. The monoisotopic (exact) mass is 452 g/mol. The highest BCUT2D eigenvalue weighted by molar-refractivity contribution is 5.93. The van der Waals surface area contributed by atoms with Crippen molar-refractivity contribution in [2.24, 2.45) is 0 Å². The Morgan fingerprint density at radius 3 is 2.97 bits per heavy atom. The summed E-state index contributed by atoms with van der Waals surface area (Å²) < 4.78 is 115. The van der Waals surface area contributed by atoms with Crippen molar-refractivity contribution >= 4 is 23.2 Å². The molecule has 2 aromatic heterocycles. The van der Waals surface area contributed by atoms with Gasteiger partial charge in [-0.3, -0.25) is 0 Å². The first-order chi connectivity index (χ1) is 19.1. The van der Waals surface area contributed by atoms with Gasteiger partial charge >= 0.3 is 6.03 Å². The average molecular weight is 453 g/mol. The first-order valence-corrected chi connectivity index (χ1v) is 9.52. The van der Waals surface area contributed by atoms with Gasteiger partial charge in [-0.2, -0.15) is 5.10 Å². The maximum absolute atomic E-state index is 15.0. The average Bonchev–Trinajstić information content (AvgIpc) is 3.35. The molecule has 2 saturated heterocycles. The highest BCUT2D eigenvalue weighted by atomic mass is 19.1. The number of carbonyl (C=O) groups excluding carboxylic acids is 1. The maximum Gasteiger partial charge on any atom is 0.322 e. The van der Waals surface area contributed by atoms with Crippen molar-refractivity contribution in [1.29, 1.82) is 0 Å². The van der Waals surface area contributed by atoms with E-state index in [1.165, 1.54) is 0 Å². The number of hydrogen-bond acceptors (Lipinski definition) is 5. The molecule has 4 heterocycles. The number of aromatic nitrogens is 3. The molecule has 168 valence electrons. The third-order valence-electron chi connectivity index (χ3n) is 5.06. The highest BCUT2D eigenvalue weighted by Crippen LogP contribution is 2.37. The Hall–Kier alpha value is -3.27. The van der Waals surface area contributed by atoms with Gasteiger partial charge in [-0.25, -0.2) is 23.1 Å². The van der Waals surface area contributed by atoms with Crippen molar-refractivity contribution in [2.75, 3.05) is 23.2 Å². The van der Waals surface area contributed by atoms with Crippen LogP contribution in [0.4, 0.5) is 25.1 Å². The largest absolute Gasteiger partial charge is 0.391 e. The van der Waals surface area contributed by atoms with Gasteiger partial charge in [-0.15, -0.1) is 0 Å². The summed E-state index contributed by atoms with van der Waals surface area (Å²) in [5.74, 6) is -2.99. The number of likely N-dealkylation sites (tertiary alicyclic amines) is 1. The van der Waals surface area contributed by atoms with Crippen LogP contribution in [-0.2, 0) is 0 Å². The smallest absolute Gasteiger partial charge is 0.322 e. The minimum absolute atomic E-state index is 0.215. The third kappa shape index (κ3) is 3.54. The van der Waals surface area contributed by atoms with Crippen LogP contribution < -0.4 is 10.2 Å². The number of aliphatic hydroxyl groups is 1. The summed E-state index contributed by atoms with van der Waals surface area (Å²) in [6.45, 7) is -4.64. The lowest BCUT2D eigenvalue weighted by Crippen LogP contribution is -2.40. The fourth-order valence-corrected chi connectivity index (χ4v) is 3.37. The molecule has 2 aliphatic rings. The van der Waals surface area contributed by atoms with Crippen LogP contribution in [0.5, 0.6) is 0 Å². The van der Waals surface area contributed by atoms with E-state index in [-0.39, 0.29) is 16.2 Å². The minimum Gasteiger partial charge on any atom is -0.391 e. The zero-order chi connectivity index (χ0) is 31.4. The van der Waals surface area contributed by atoms with E-state index in [1.54, 1.807) is 0 Å². The molecular formula is C22H24F2N6O2. The fraction of sp³-hybridized carbons (Fsp3) is 0.409. The van der Waals surface area contributed by atoms with E-state index in [4.69, 9.17) is 13.7 Å². The van der Waals surface area contributed by atoms with E-state index in [0.29, 0.717) is 23.1 Å². The van der Waals surface area contributed by atoms with E-state index in [9.17, 15) is 14.3 Å². The van der Waals surface area contributed by atoms with Crippen molar-refractivity contribution in [2.45, 2.75) is 44.2 Å². The second-order valence-electron chi connectivity index (χ2n) is 7.07. The molecule has 0 radical (unpaired) electrons. The predicted molar refractivity (Wildman–Crippen MR) is 114 cm³/mol. The lowest BCUT2D eigenvalue weighted by molar-refractivity contribution is 0.135. The van der Waals surface area contributed by atoms with Crippen LogP contribution in [0, 0.1) is 11.6 Å². The molecule has 3 atom stereocenters. The van der Waals surface area contributed by atoms with E-state index < -0.39 is 79.3 Å². The molecule has 1 aromatic carbocycles. The van der Waals surface area contributed by atoms with Crippen LogP contribution in [0.1, 0.15) is 51.4 Å². The van der Waals surface area contributed by atoms with Gasteiger partial charge in [-0.1, -0.05) is 0 Å². The molecule has 0 aliphatic carbocycles. The van der Waals surface area contributed by atoms with Crippen molar-refractivity contribution in [3.63, 3.8) is 0 Å². The van der Waals surface area contributed by atoms with Gasteiger partial charge in [0.05, 0.1) is 27.1 Å². The summed E-state index contributed by atoms with van der Waals surface area (Å²) in [7, 11) is 0. The van der Waals surface area contributed by atoms with Gasteiger partial charge in [0.25, 0.3) is 0 Å². The zero-order valence-corrected chi connectivity index (χ0v) is 16.6. The van der Waals surface area contributed by atoms with Gasteiger partial charge in [0, 0.05) is 35.7 Å². The molecule has 8 nitrogen and oxygen atoms in total. The Kier molecular flexibility index (Phi) is 3.03. The molecule has 0 bridgehead atoms. The predicted octanol–water partition coefficient (Wildman–Crippen LogP) is 3.34. The van der Waals surface area contributed by atoms with E-state index in [1.807, 2.05) is 0 Å². The quantitative estimate of drug-likeness (QED) is 0.637. The molecule has 2 fully saturated rings. The lowest BCUT2D eigenvalue weighted by Gasteiger charge is -2.26. The maximum atomic E-state index is 15.0. The van der Waals surface area contributed by atoms with Crippen molar-refractivity contribution < 1.29 is 32.4 Å². The first-order valence-electron chi connectivity index (χ1n) is 14.5. The molecule has 2 aliphatic heterocycles. The summed E-state index contributed by atoms with van der Waals surface area (Å²) >= 11 is 0. The Balaban J connectivity index is 1.65. The highest BCUT2D eigenvalue weighted by Gasteiger charge is 2.33. The number of aliphatic hydroxyl groups excluding tert-OH is 1. The Labute approximate surface area is 197 Å². The van der Waals surface area contributed by atoms with E-state index in [0.717, 1.165) is 29.9 Å². The normalized spacial score (nSPS) is 38.8. The second-order valence-corrected chi connectivity index (χ2v) is 7.07. The van der Waals surface area contributed by atoms with Gasteiger partial charge in [0.15, 0.2) is 5.65 Å². The Morgan fingerprint density at radius 2 is 2.19 bits per heavy atom. The molecule has 2 amide bonds. The van der Waals surface area contributed by atoms with Crippen molar-refractivity contribution in [3.8, 4) is 0 Å². The summed E-state index contributed by atoms with van der Waals surface area (Å²) in [5.41, 5.74) is -1.47. The molecule has 1 unspecified atom stereocenters. The summed E-state index contributed by atoms with van der Waals surface area (Å²) in [6, 6.07) is -3.64. The van der Waals surface area contributed by atoms with Crippen LogP contribution >= 0.6 is 0 Å². The number of nitrogens with one attached hydrogen (secondary N) is 1. The number of benzene rings is 1. The molecule has 0 saturated carbocycles. The lowest BCUT2D eigenvalue weighted by atomic mass is 10.0. The number of amides is 2. The molecule has 2 N–H and O–H groups in total. The number of urea groups is 1. The van der Waals surface area contributed by atoms with E-state index >= 15 is 4.39 Å². The molecule has 5 rings (SSSR count). The van der Waals surface area contributed by atoms with Crippen LogP contribution in [0.25, 0.3) is 5.65 Å². The zero-order valence-electron chi connectivity index (χ0n) is 26.6. The third-order valence-corrected chi connectivity index (χ3v) is 5.06. The van der Waals surface area contributed by atoms with Crippen LogP contribution in [0.3, 0.4) is 0 Å². The van der Waals surface area contributed by atoms with Crippen LogP contribution in [-0.4, -0.2) is 55.8 Å². The van der Waals surface area contributed by atoms with Crippen molar-refractivity contribution in [1.82, 2.24) is 19.5 Å². The standard InChI is InChI=1S/C22H24F2N6O2/c1-13-19(31)6-9-28(13)22(32)26-17-12-25-30-10-7-20(27-21(17)30)29-8-2-3-18(29)15-11-14(23)4-5-16(15)24/h4-5,7,10-13,18-19,31H,2-3,6,8-9H2,1H3,(H,26,32)/t13?,18-,19+/m1/s1/i2D2,3D2,8D2,9D2,13D,18D. The topological polar surface area (TPSA) is 86.0 Å². The molecular weight excluding hydrogens is 418 g/mol. The number of hydrogen-bond donors (Lipinski definition) is 2. The molecule has 0 spiro atoms. The van der Waals surface area contributed by atoms with Gasteiger partial charge < -0.3 is 20.2 Å².